The largest absolute Gasteiger partial charge is 0.445 e. The molecule has 0 bridgehead atoms. The van der Waals surface area contributed by atoms with E-state index in [0.29, 0.717) is 12.3 Å². The first kappa shape index (κ1) is 21.0. The van der Waals surface area contributed by atoms with Crippen LogP contribution in [-0.4, -0.2) is 4.98 Å². The third-order valence-corrected chi connectivity index (χ3v) is 3.65. The number of rotatable bonds is 3. The van der Waals surface area contributed by atoms with Gasteiger partial charge in [-0.25, -0.2) is 4.98 Å². The van der Waals surface area contributed by atoms with Gasteiger partial charge >= 0.3 is 0 Å². The van der Waals surface area contributed by atoms with Crippen molar-refractivity contribution in [3.05, 3.63) is 76.3 Å². The van der Waals surface area contributed by atoms with E-state index >= 15 is 0 Å². The molecular weight excluding hydrogens is 330 g/mol. The number of benzene rings is 2. The summed E-state index contributed by atoms with van der Waals surface area (Å²) in [7, 11) is 0. The molecule has 0 aliphatic rings. The molecule has 2 aromatic carbocycles. The lowest BCUT2D eigenvalue weighted by molar-refractivity contribution is 0.482. The van der Waals surface area contributed by atoms with Gasteiger partial charge in [0.15, 0.2) is 5.89 Å². The Kier molecular flexibility index (Phi) is 9.01. The average Bonchev–Trinajstić information content (AvgIpc) is 2.99. The highest BCUT2D eigenvalue weighted by Crippen LogP contribution is 2.25. The number of halogens is 1. The summed E-state index contributed by atoms with van der Waals surface area (Å²) >= 11 is 6.01. The topological polar surface area (TPSA) is 26.0 Å². The molecule has 0 atom stereocenters. The fraction of sp³-hybridized carbons (Fsp3) is 0.318. The van der Waals surface area contributed by atoms with E-state index in [2.05, 4.69) is 36.2 Å². The lowest BCUT2D eigenvalue weighted by Gasteiger charge is -1.98. The zero-order chi connectivity index (χ0) is 18.8. The molecular formula is C22H28ClNO. The third kappa shape index (κ3) is 6.06. The van der Waals surface area contributed by atoms with Crippen LogP contribution in [-0.2, 0) is 6.42 Å². The normalized spacial score (nSPS) is 9.56. The molecule has 3 heteroatoms. The number of oxazole rings is 1. The number of hydrogen-bond donors (Lipinski definition) is 0. The second-order valence-electron chi connectivity index (χ2n) is 5.19. The van der Waals surface area contributed by atoms with Crippen molar-refractivity contribution in [1.29, 1.82) is 0 Å². The molecule has 25 heavy (non-hydrogen) atoms. The summed E-state index contributed by atoms with van der Waals surface area (Å²) in [5, 5.41) is 0.731. The lowest BCUT2D eigenvalue weighted by Crippen LogP contribution is -1.88. The Hall–Kier alpha value is -2.06. The minimum absolute atomic E-state index is 0.646. The van der Waals surface area contributed by atoms with E-state index in [-0.39, 0.29) is 0 Å². The smallest absolute Gasteiger partial charge is 0.199 e. The molecule has 0 unspecified atom stereocenters. The maximum absolute atomic E-state index is 6.01. The van der Waals surface area contributed by atoms with Crippen LogP contribution >= 0.6 is 11.6 Å². The van der Waals surface area contributed by atoms with Crippen molar-refractivity contribution in [3.8, 4) is 11.3 Å². The molecule has 0 amide bonds. The monoisotopic (exact) mass is 357 g/mol. The number of aryl methyl sites for hydroxylation is 2. The van der Waals surface area contributed by atoms with E-state index in [4.69, 9.17) is 16.0 Å². The highest BCUT2D eigenvalue weighted by molar-refractivity contribution is 6.30. The molecule has 0 aliphatic carbocycles. The summed E-state index contributed by atoms with van der Waals surface area (Å²) < 4.78 is 5.79. The van der Waals surface area contributed by atoms with E-state index < -0.39 is 0 Å². The minimum Gasteiger partial charge on any atom is -0.445 e. The van der Waals surface area contributed by atoms with Crippen molar-refractivity contribution >= 4 is 11.6 Å². The van der Waals surface area contributed by atoms with E-state index in [0.717, 1.165) is 27.6 Å². The van der Waals surface area contributed by atoms with Gasteiger partial charge in [-0.05, 0) is 31.5 Å². The molecule has 2 nitrogen and oxygen atoms in total. The zero-order valence-electron chi connectivity index (χ0n) is 16.1. The quantitative estimate of drug-likeness (QED) is 0.493. The van der Waals surface area contributed by atoms with Crippen LogP contribution in [0.4, 0.5) is 0 Å². The second-order valence-corrected chi connectivity index (χ2v) is 5.62. The molecule has 0 saturated heterocycles. The Balaban J connectivity index is 0.000000730. The molecule has 3 rings (SSSR count). The molecule has 0 fully saturated rings. The van der Waals surface area contributed by atoms with Crippen LogP contribution in [0.25, 0.3) is 11.3 Å². The summed E-state index contributed by atoms with van der Waals surface area (Å²) in [6.07, 6.45) is 0.646. The fourth-order valence-electron chi connectivity index (χ4n) is 2.33. The summed E-state index contributed by atoms with van der Waals surface area (Å²) in [6.45, 7) is 12.0. The van der Waals surface area contributed by atoms with Crippen LogP contribution in [0.1, 0.15) is 50.5 Å². The Morgan fingerprint density at radius 1 is 0.920 bits per heavy atom. The first-order valence-corrected chi connectivity index (χ1v) is 9.27. The predicted molar refractivity (Wildman–Crippen MR) is 108 cm³/mol. The zero-order valence-corrected chi connectivity index (χ0v) is 16.8. The van der Waals surface area contributed by atoms with E-state index in [9.17, 15) is 0 Å². The van der Waals surface area contributed by atoms with Crippen LogP contribution in [0, 0.1) is 13.8 Å². The van der Waals surface area contributed by atoms with Gasteiger partial charge in [0, 0.05) is 17.0 Å². The van der Waals surface area contributed by atoms with Gasteiger partial charge in [0.2, 0.25) is 0 Å². The molecule has 0 radical (unpaired) electrons. The van der Waals surface area contributed by atoms with E-state index in [1.807, 2.05) is 58.9 Å². The van der Waals surface area contributed by atoms with Gasteiger partial charge in [-0.2, -0.15) is 0 Å². The Morgan fingerprint density at radius 3 is 2.16 bits per heavy atom. The summed E-state index contributed by atoms with van der Waals surface area (Å²) in [6, 6.07) is 16.1. The van der Waals surface area contributed by atoms with Gasteiger partial charge in [0.25, 0.3) is 0 Å². The van der Waals surface area contributed by atoms with Crippen LogP contribution in [0.15, 0.2) is 52.9 Å². The van der Waals surface area contributed by atoms with E-state index in [1.54, 1.807) is 0 Å². The van der Waals surface area contributed by atoms with Gasteiger partial charge in [0.1, 0.15) is 11.5 Å². The van der Waals surface area contributed by atoms with Gasteiger partial charge in [-0.3, -0.25) is 0 Å². The Morgan fingerprint density at radius 2 is 1.56 bits per heavy atom. The van der Waals surface area contributed by atoms with Crippen molar-refractivity contribution in [2.24, 2.45) is 0 Å². The number of aromatic nitrogens is 1. The lowest BCUT2D eigenvalue weighted by atomic mass is 10.1. The minimum atomic E-state index is 0.646. The highest BCUT2D eigenvalue weighted by atomic mass is 35.5. The van der Waals surface area contributed by atoms with Gasteiger partial charge in [0.05, 0.1) is 0 Å². The summed E-state index contributed by atoms with van der Waals surface area (Å²) in [5.74, 6) is 1.56. The van der Waals surface area contributed by atoms with Crippen LogP contribution in [0.2, 0.25) is 5.02 Å². The molecule has 0 spiro atoms. The van der Waals surface area contributed by atoms with Gasteiger partial charge in [-0.15, -0.1) is 0 Å². The SMILES string of the molecule is CC.CC.Cc1ccc(-c2nc(Cc3cccc(Cl)c3)oc2C)cc1. The third-order valence-electron chi connectivity index (χ3n) is 3.41. The van der Waals surface area contributed by atoms with Crippen molar-refractivity contribution in [1.82, 2.24) is 4.98 Å². The summed E-state index contributed by atoms with van der Waals surface area (Å²) in [5.41, 5.74) is 4.32. The standard InChI is InChI=1S/C18H16ClNO.2C2H6/c1-12-6-8-15(9-7-12)18-13(2)21-17(20-18)11-14-4-3-5-16(19)10-14;2*1-2/h3-10H,11H2,1-2H3;2*1-2H3. The molecule has 3 aromatic rings. The van der Waals surface area contributed by atoms with Crippen molar-refractivity contribution in [3.63, 3.8) is 0 Å². The number of nitrogens with zero attached hydrogens (tertiary/aromatic N) is 1. The van der Waals surface area contributed by atoms with Gasteiger partial charge in [-0.1, -0.05) is 81.3 Å². The molecule has 0 aliphatic heterocycles. The summed E-state index contributed by atoms with van der Waals surface area (Å²) in [4.78, 5) is 4.62. The number of hydrogen-bond acceptors (Lipinski definition) is 2. The fourth-order valence-corrected chi connectivity index (χ4v) is 2.54. The molecule has 0 N–H and O–H groups in total. The Bertz CT molecular complexity index is 760. The van der Waals surface area contributed by atoms with Crippen molar-refractivity contribution in [2.45, 2.75) is 48.0 Å². The first-order valence-electron chi connectivity index (χ1n) is 8.89. The second kappa shape index (κ2) is 10.7. The highest BCUT2D eigenvalue weighted by Gasteiger charge is 2.12. The maximum atomic E-state index is 6.01. The maximum Gasteiger partial charge on any atom is 0.199 e. The van der Waals surface area contributed by atoms with E-state index in [1.165, 1.54) is 5.56 Å². The molecule has 0 saturated carbocycles. The molecule has 1 aromatic heterocycles. The van der Waals surface area contributed by atoms with Crippen molar-refractivity contribution < 1.29 is 4.42 Å². The Labute approximate surface area is 156 Å². The molecule has 134 valence electrons. The predicted octanol–water partition coefficient (Wildman–Crippen LogP) is 7.26. The molecule has 1 heterocycles. The van der Waals surface area contributed by atoms with Crippen LogP contribution < -0.4 is 0 Å². The van der Waals surface area contributed by atoms with Crippen molar-refractivity contribution in [2.75, 3.05) is 0 Å². The van der Waals surface area contributed by atoms with Gasteiger partial charge < -0.3 is 4.42 Å². The van der Waals surface area contributed by atoms with Crippen LogP contribution in [0.3, 0.4) is 0 Å². The average molecular weight is 358 g/mol. The van der Waals surface area contributed by atoms with Crippen LogP contribution in [0.5, 0.6) is 0 Å². The first-order chi connectivity index (χ1) is 12.1.